The number of aromatic nitrogens is 2. The van der Waals surface area contributed by atoms with Crippen LogP contribution in [-0.4, -0.2) is 28.8 Å². The van der Waals surface area contributed by atoms with Gasteiger partial charge < -0.3 is 10.5 Å². The Labute approximate surface area is 80.6 Å². The van der Waals surface area contributed by atoms with Crippen LogP contribution in [0.3, 0.4) is 0 Å². The molecule has 1 atom stereocenters. The molecule has 0 radical (unpaired) electrons. The third-order valence-electron chi connectivity index (χ3n) is 1.80. The van der Waals surface area contributed by atoms with Crippen LogP contribution in [0.2, 0.25) is 0 Å². The second-order valence-electron chi connectivity index (χ2n) is 2.74. The zero-order chi connectivity index (χ0) is 10.7. The van der Waals surface area contributed by atoms with Crippen LogP contribution >= 0.6 is 0 Å². The number of amides is 1. The molecule has 2 N–H and O–H groups in total. The average Bonchev–Trinajstić information content (AvgIpc) is 2.64. The molecule has 76 valence electrons. The first-order valence-electron chi connectivity index (χ1n) is 3.99. The van der Waals surface area contributed by atoms with Crippen LogP contribution in [0, 0.1) is 0 Å². The van der Waals surface area contributed by atoms with Gasteiger partial charge >= 0.3 is 5.97 Å². The number of hydrogen-bond acceptors (Lipinski definition) is 4. The second kappa shape index (κ2) is 3.91. The van der Waals surface area contributed by atoms with Gasteiger partial charge in [-0.3, -0.25) is 9.48 Å². The molecular formula is C8H11N3O3. The van der Waals surface area contributed by atoms with Gasteiger partial charge in [-0.2, -0.15) is 5.10 Å². The lowest BCUT2D eigenvalue weighted by atomic mass is 10.3. The number of carbonyl (C=O) groups is 2. The number of rotatable bonds is 3. The van der Waals surface area contributed by atoms with Gasteiger partial charge in [0.2, 0.25) is 0 Å². The molecule has 0 aliphatic carbocycles. The molecule has 0 bridgehead atoms. The van der Waals surface area contributed by atoms with E-state index in [1.165, 1.54) is 24.1 Å². The van der Waals surface area contributed by atoms with E-state index in [4.69, 9.17) is 5.73 Å². The Kier molecular flexibility index (Phi) is 2.85. The van der Waals surface area contributed by atoms with Crippen LogP contribution < -0.4 is 5.73 Å². The largest absolute Gasteiger partial charge is 0.467 e. The van der Waals surface area contributed by atoms with Crippen molar-refractivity contribution in [3.05, 3.63) is 18.0 Å². The lowest BCUT2D eigenvalue weighted by Gasteiger charge is -2.08. The fourth-order valence-electron chi connectivity index (χ4n) is 0.964. The summed E-state index contributed by atoms with van der Waals surface area (Å²) in [6, 6.07) is 0.884. The van der Waals surface area contributed by atoms with Gasteiger partial charge in [-0.1, -0.05) is 0 Å². The zero-order valence-electron chi connectivity index (χ0n) is 7.93. The van der Waals surface area contributed by atoms with E-state index in [-0.39, 0.29) is 5.69 Å². The van der Waals surface area contributed by atoms with Crippen molar-refractivity contribution in [2.24, 2.45) is 5.73 Å². The molecule has 0 fully saturated rings. The van der Waals surface area contributed by atoms with Crippen LogP contribution in [0.15, 0.2) is 12.3 Å². The Balaban J connectivity index is 2.86. The van der Waals surface area contributed by atoms with Gasteiger partial charge in [0, 0.05) is 6.20 Å². The number of ether oxygens (including phenoxy) is 1. The van der Waals surface area contributed by atoms with E-state index in [1.54, 1.807) is 6.92 Å². The maximum atomic E-state index is 11.1. The van der Waals surface area contributed by atoms with Crippen molar-refractivity contribution >= 4 is 11.9 Å². The highest BCUT2D eigenvalue weighted by molar-refractivity contribution is 5.90. The number of esters is 1. The molecular weight excluding hydrogens is 186 g/mol. The molecule has 0 spiro atoms. The van der Waals surface area contributed by atoms with Crippen molar-refractivity contribution in [2.75, 3.05) is 7.11 Å². The van der Waals surface area contributed by atoms with E-state index in [2.05, 4.69) is 9.84 Å². The fourth-order valence-corrected chi connectivity index (χ4v) is 0.964. The van der Waals surface area contributed by atoms with Gasteiger partial charge in [0.1, 0.15) is 11.7 Å². The van der Waals surface area contributed by atoms with Gasteiger partial charge in [0.25, 0.3) is 5.91 Å². The van der Waals surface area contributed by atoms with Crippen molar-refractivity contribution in [2.45, 2.75) is 13.0 Å². The maximum absolute atomic E-state index is 11.1. The Morgan fingerprint density at radius 1 is 1.64 bits per heavy atom. The molecule has 1 heterocycles. The molecule has 14 heavy (non-hydrogen) atoms. The normalized spacial score (nSPS) is 12.1. The summed E-state index contributed by atoms with van der Waals surface area (Å²) in [4.78, 5) is 21.8. The number of primary amides is 1. The number of hydrogen-bond donors (Lipinski definition) is 1. The van der Waals surface area contributed by atoms with E-state index in [1.807, 2.05) is 0 Å². The number of nitrogens with two attached hydrogens (primary N) is 1. The molecule has 0 aliphatic heterocycles. The molecule has 1 aromatic heterocycles. The van der Waals surface area contributed by atoms with Crippen molar-refractivity contribution in [3.63, 3.8) is 0 Å². The third-order valence-corrected chi connectivity index (χ3v) is 1.80. The summed E-state index contributed by atoms with van der Waals surface area (Å²) in [7, 11) is 1.29. The summed E-state index contributed by atoms with van der Waals surface area (Å²) in [5.41, 5.74) is 5.13. The van der Waals surface area contributed by atoms with E-state index in [0.717, 1.165) is 0 Å². The highest BCUT2D eigenvalue weighted by atomic mass is 16.5. The van der Waals surface area contributed by atoms with Gasteiger partial charge in [-0.05, 0) is 13.0 Å². The highest BCUT2D eigenvalue weighted by Gasteiger charge is 2.16. The summed E-state index contributed by atoms with van der Waals surface area (Å²) in [5.74, 6) is -1.05. The summed E-state index contributed by atoms with van der Waals surface area (Å²) in [6.07, 6.45) is 1.50. The van der Waals surface area contributed by atoms with Crippen LogP contribution in [-0.2, 0) is 9.53 Å². The molecule has 1 unspecified atom stereocenters. The van der Waals surface area contributed by atoms with Gasteiger partial charge in [0.05, 0.1) is 7.11 Å². The Morgan fingerprint density at radius 3 is 2.71 bits per heavy atom. The number of methoxy groups -OCH3 is 1. The van der Waals surface area contributed by atoms with E-state index in [9.17, 15) is 9.59 Å². The number of carbonyl (C=O) groups excluding carboxylic acids is 2. The quantitative estimate of drug-likeness (QED) is 0.675. The Hall–Kier alpha value is -1.85. The molecule has 1 rings (SSSR count). The molecule has 0 saturated carbocycles. The minimum atomic E-state index is -0.624. The van der Waals surface area contributed by atoms with Gasteiger partial charge in [-0.25, -0.2) is 4.79 Å². The van der Waals surface area contributed by atoms with Gasteiger partial charge in [0.15, 0.2) is 0 Å². The van der Waals surface area contributed by atoms with Crippen molar-refractivity contribution < 1.29 is 14.3 Å². The Bertz CT molecular complexity index is 358. The van der Waals surface area contributed by atoms with Crippen LogP contribution in [0.25, 0.3) is 0 Å². The molecule has 0 saturated heterocycles. The predicted octanol–water partition coefficient (Wildman–Crippen LogP) is -0.284. The predicted molar refractivity (Wildman–Crippen MR) is 47.5 cm³/mol. The van der Waals surface area contributed by atoms with Gasteiger partial charge in [-0.15, -0.1) is 0 Å². The lowest BCUT2D eigenvalue weighted by molar-refractivity contribution is -0.144. The van der Waals surface area contributed by atoms with E-state index >= 15 is 0 Å². The zero-order valence-corrected chi connectivity index (χ0v) is 7.93. The third kappa shape index (κ3) is 1.90. The van der Waals surface area contributed by atoms with Crippen molar-refractivity contribution in [1.29, 1.82) is 0 Å². The van der Waals surface area contributed by atoms with Crippen molar-refractivity contribution in [1.82, 2.24) is 9.78 Å². The van der Waals surface area contributed by atoms with Crippen LogP contribution in [0.4, 0.5) is 0 Å². The minimum absolute atomic E-state index is 0.126. The molecule has 1 amide bonds. The first kappa shape index (κ1) is 10.2. The molecule has 1 aromatic rings. The smallest absolute Gasteiger partial charge is 0.330 e. The standard InChI is InChI=1S/C8H11N3O3/c1-5(8(13)14-2)11-4-3-6(10-11)7(9)12/h3-5H,1-2H3,(H2,9,12). The second-order valence-corrected chi connectivity index (χ2v) is 2.74. The highest BCUT2D eigenvalue weighted by Crippen LogP contribution is 2.06. The Morgan fingerprint density at radius 2 is 2.29 bits per heavy atom. The molecule has 0 aliphatic rings. The molecule has 0 aromatic carbocycles. The van der Waals surface area contributed by atoms with Crippen LogP contribution in [0.1, 0.15) is 23.5 Å². The first-order chi connectivity index (χ1) is 6.56. The summed E-state index contributed by atoms with van der Waals surface area (Å²) >= 11 is 0. The average molecular weight is 197 g/mol. The topological polar surface area (TPSA) is 87.2 Å². The lowest BCUT2D eigenvalue weighted by Crippen LogP contribution is -2.19. The van der Waals surface area contributed by atoms with E-state index in [0.29, 0.717) is 0 Å². The van der Waals surface area contributed by atoms with Crippen LogP contribution in [0.5, 0.6) is 0 Å². The maximum Gasteiger partial charge on any atom is 0.330 e. The molecule has 6 nitrogen and oxygen atoms in total. The monoisotopic (exact) mass is 197 g/mol. The minimum Gasteiger partial charge on any atom is -0.467 e. The van der Waals surface area contributed by atoms with E-state index < -0.39 is 17.9 Å². The first-order valence-corrected chi connectivity index (χ1v) is 3.99. The summed E-state index contributed by atoms with van der Waals surface area (Å²) in [5, 5.41) is 3.82. The van der Waals surface area contributed by atoms with Crippen molar-refractivity contribution in [3.8, 4) is 0 Å². The number of nitrogens with zero attached hydrogens (tertiary/aromatic N) is 2. The summed E-state index contributed by atoms with van der Waals surface area (Å²) in [6.45, 7) is 1.61. The molecule has 6 heteroatoms. The fraction of sp³-hybridized carbons (Fsp3) is 0.375. The SMILES string of the molecule is COC(=O)C(C)n1ccc(C(N)=O)n1. The summed E-state index contributed by atoms with van der Waals surface area (Å²) < 4.78 is 5.85.